The molecule has 0 amide bonds. The summed E-state index contributed by atoms with van der Waals surface area (Å²) >= 11 is 0. The fourth-order valence-electron chi connectivity index (χ4n) is 1.04. The van der Waals surface area contributed by atoms with Crippen LogP contribution in [0.4, 0.5) is 4.39 Å². The summed E-state index contributed by atoms with van der Waals surface area (Å²) in [7, 11) is 0. The predicted octanol–water partition coefficient (Wildman–Crippen LogP) is 2.77. The number of carboxylic acid groups (broad SMARTS) is 1. The maximum Gasteiger partial charge on any atom is 0.303 e. The fraction of sp³-hybridized carbons (Fsp3) is 0.889. The Hall–Kier alpha value is -0.600. The lowest BCUT2D eigenvalue weighted by molar-refractivity contribution is -0.137. The quantitative estimate of drug-likeness (QED) is 0.605. The summed E-state index contributed by atoms with van der Waals surface area (Å²) in [5.74, 6) is -0.909. The summed E-state index contributed by atoms with van der Waals surface area (Å²) in [6.07, 6.45) is 2.69. The molecular formula is C9H17FO2. The number of aliphatic carboxylic acids is 1. The van der Waals surface area contributed by atoms with Crippen molar-refractivity contribution in [2.24, 2.45) is 0 Å². The van der Waals surface area contributed by atoms with Gasteiger partial charge in [-0.15, -0.1) is 0 Å². The van der Waals surface area contributed by atoms with E-state index in [1.165, 1.54) is 0 Å². The molecule has 0 saturated heterocycles. The molecule has 72 valence electrons. The zero-order valence-corrected chi connectivity index (χ0v) is 7.55. The summed E-state index contributed by atoms with van der Waals surface area (Å²) in [5.41, 5.74) is 0. The van der Waals surface area contributed by atoms with Gasteiger partial charge < -0.3 is 5.11 Å². The van der Waals surface area contributed by atoms with Crippen molar-refractivity contribution >= 4 is 5.97 Å². The van der Waals surface area contributed by atoms with E-state index < -0.39 is 12.1 Å². The zero-order chi connectivity index (χ0) is 9.40. The van der Waals surface area contributed by atoms with Crippen LogP contribution in [-0.2, 0) is 4.79 Å². The molecule has 2 nitrogen and oxygen atoms in total. The second kappa shape index (κ2) is 7.07. The lowest BCUT2D eigenvalue weighted by Crippen LogP contribution is -2.04. The van der Waals surface area contributed by atoms with E-state index >= 15 is 0 Å². The Morgan fingerprint density at radius 3 is 2.58 bits per heavy atom. The van der Waals surface area contributed by atoms with Crippen molar-refractivity contribution in [1.82, 2.24) is 0 Å². The first-order chi connectivity index (χ1) is 5.66. The fourth-order valence-corrected chi connectivity index (χ4v) is 1.04. The van der Waals surface area contributed by atoms with Crippen LogP contribution in [0.3, 0.4) is 0 Å². The van der Waals surface area contributed by atoms with Crippen molar-refractivity contribution in [1.29, 1.82) is 0 Å². The predicted molar refractivity (Wildman–Crippen MR) is 45.9 cm³/mol. The Labute approximate surface area is 72.8 Å². The van der Waals surface area contributed by atoms with Crippen molar-refractivity contribution in [3.63, 3.8) is 0 Å². The Morgan fingerprint density at radius 2 is 2.08 bits per heavy atom. The van der Waals surface area contributed by atoms with Gasteiger partial charge in [0.25, 0.3) is 0 Å². The normalized spacial score (nSPS) is 12.8. The van der Waals surface area contributed by atoms with Gasteiger partial charge in [-0.05, 0) is 12.8 Å². The van der Waals surface area contributed by atoms with Crippen LogP contribution in [0.5, 0.6) is 0 Å². The molecule has 0 aromatic carbocycles. The number of rotatable bonds is 7. The highest BCUT2D eigenvalue weighted by Gasteiger charge is 2.07. The highest BCUT2D eigenvalue weighted by molar-refractivity contribution is 5.66. The SMILES string of the molecule is CCCCCC(F)CCC(=O)O. The van der Waals surface area contributed by atoms with Gasteiger partial charge in [-0.2, -0.15) is 0 Å². The summed E-state index contributed by atoms with van der Waals surface area (Å²) < 4.78 is 12.8. The standard InChI is InChI=1S/C9H17FO2/c1-2-3-4-5-8(10)6-7-9(11)12/h8H,2-7H2,1H3,(H,11,12). The number of hydrogen-bond acceptors (Lipinski definition) is 1. The summed E-state index contributed by atoms with van der Waals surface area (Å²) in [6, 6.07) is 0. The maximum absolute atomic E-state index is 12.8. The number of hydrogen-bond donors (Lipinski definition) is 1. The van der Waals surface area contributed by atoms with Gasteiger partial charge in [0.05, 0.1) is 0 Å². The molecule has 0 rings (SSSR count). The molecule has 0 aromatic heterocycles. The molecule has 0 aromatic rings. The molecule has 1 atom stereocenters. The van der Waals surface area contributed by atoms with Gasteiger partial charge in [-0.25, -0.2) is 4.39 Å². The van der Waals surface area contributed by atoms with E-state index in [1.807, 2.05) is 0 Å². The molecule has 1 N–H and O–H groups in total. The second-order valence-corrected chi connectivity index (χ2v) is 3.03. The van der Waals surface area contributed by atoms with Crippen LogP contribution in [0.1, 0.15) is 45.4 Å². The van der Waals surface area contributed by atoms with Crippen LogP contribution in [0.25, 0.3) is 0 Å². The molecule has 0 aliphatic rings. The summed E-state index contributed by atoms with van der Waals surface area (Å²) in [5, 5.41) is 8.27. The van der Waals surface area contributed by atoms with E-state index in [-0.39, 0.29) is 12.8 Å². The van der Waals surface area contributed by atoms with Gasteiger partial charge in [0.1, 0.15) is 6.17 Å². The van der Waals surface area contributed by atoms with Crippen molar-refractivity contribution in [3.05, 3.63) is 0 Å². The number of carboxylic acids is 1. The molecule has 0 fully saturated rings. The molecular weight excluding hydrogens is 159 g/mol. The minimum Gasteiger partial charge on any atom is -0.481 e. The van der Waals surface area contributed by atoms with Gasteiger partial charge in [0.2, 0.25) is 0 Å². The number of unbranched alkanes of at least 4 members (excludes halogenated alkanes) is 2. The number of carbonyl (C=O) groups is 1. The van der Waals surface area contributed by atoms with E-state index in [2.05, 4.69) is 6.92 Å². The van der Waals surface area contributed by atoms with Crippen LogP contribution in [-0.4, -0.2) is 17.2 Å². The Kier molecular flexibility index (Phi) is 6.72. The largest absolute Gasteiger partial charge is 0.481 e. The third-order valence-electron chi connectivity index (χ3n) is 1.79. The van der Waals surface area contributed by atoms with Crippen molar-refractivity contribution in [2.75, 3.05) is 0 Å². The van der Waals surface area contributed by atoms with Gasteiger partial charge in [-0.3, -0.25) is 4.79 Å². The maximum atomic E-state index is 12.8. The van der Waals surface area contributed by atoms with E-state index in [9.17, 15) is 9.18 Å². The molecule has 0 aliphatic heterocycles. The average Bonchev–Trinajstić information content (AvgIpc) is 2.01. The highest BCUT2D eigenvalue weighted by atomic mass is 19.1. The Bertz CT molecular complexity index is 126. The summed E-state index contributed by atoms with van der Waals surface area (Å²) in [4.78, 5) is 10.1. The minimum atomic E-state index is -0.923. The van der Waals surface area contributed by atoms with Crippen LogP contribution in [0.2, 0.25) is 0 Å². The zero-order valence-electron chi connectivity index (χ0n) is 7.55. The van der Waals surface area contributed by atoms with Gasteiger partial charge in [-0.1, -0.05) is 26.2 Å². The van der Waals surface area contributed by atoms with Crippen LogP contribution < -0.4 is 0 Å². The van der Waals surface area contributed by atoms with Crippen molar-refractivity contribution in [3.8, 4) is 0 Å². The summed E-state index contributed by atoms with van der Waals surface area (Å²) in [6.45, 7) is 2.06. The van der Waals surface area contributed by atoms with Gasteiger partial charge >= 0.3 is 5.97 Å². The smallest absolute Gasteiger partial charge is 0.303 e. The average molecular weight is 176 g/mol. The number of halogens is 1. The minimum absolute atomic E-state index is 0.0483. The molecule has 1 unspecified atom stereocenters. The lowest BCUT2D eigenvalue weighted by Gasteiger charge is -2.04. The molecule has 12 heavy (non-hydrogen) atoms. The first kappa shape index (κ1) is 11.4. The van der Waals surface area contributed by atoms with E-state index in [4.69, 9.17) is 5.11 Å². The Morgan fingerprint density at radius 1 is 1.42 bits per heavy atom. The van der Waals surface area contributed by atoms with E-state index in [0.717, 1.165) is 19.3 Å². The highest BCUT2D eigenvalue weighted by Crippen LogP contribution is 2.11. The van der Waals surface area contributed by atoms with Crippen LogP contribution in [0.15, 0.2) is 0 Å². The topological polar surface area (TPSA) is 37.3 Å². The van der Waals surface area contributed by atoms with Crippen molar-refractivity contribution < 1.29 is 14.3 Å². The second-order valence-electron chi connectivity index (χ2n) is 3.03. The van der Waals surface area contributed by atoms with Crippen molar-refractivity contribution in [2.45, 2.75) is 51.6 Å². The van der Waals surface area contributed by atoms with Gasteiger partial charge in [0.15, 0.2) is 0 Å². The Balaban J connectivity index is 3.21. The van der Waals surface area contributed by atoms with E-state index in [0.29, 0.717) is 6.42 Å². The first-order valence-corrected chi connectivity index (χ1v) is 4.52. The molecule has 0 aliphatic carbocycles. The number of alkyl halides is 1. The van der Waals surface area contributed by atoms with Gasteiger partial charge in [0, 0.05) is 6.42 Å². The van der Waals surface area contributed by atoms with Crippen LogP contribution in [0, 0.1) is 0 Å². The molecule has 0 bridgehead atoms. The molecule has 3 heteroatoms. The molecule has 0 radical (unpaired) electrons. The third kappa shape index (κ3) is 7.51. The molecule has 0 saturated carbocycles. The molecule has 0 heterocycles. The first-order valence-electron chi connectivity index (χ1n) is 4.52. The lowest BCUT2D eigenvalue weighted by atomic mass is 10.1. The monoisotopic (exact) mass is 176 g/mol. The van der Waals surface area contributed by atoms with Crippen LogP contribution >= 0.6 is 0 Å². The third-order valence-corrected chi connectivity index (χ3v) is 1.79. The molecule has 0 spiro atoms. The van der Waals surface area contributed by atoms with E-state index in [1.54, 1.807) is 0 Å².